The van der Waals surface area contributed by atoms with Crippen LogP contribution in [0.5, 0.6) is 5.75 Å². The van der Waals surface area contributed by atoms with Crippen LogP contribution in [0.3, 0.4) is 0 Å². The van der Waals surface area contributed by atoms with E-state index in [4.69, 9.17) is 10.5 Å². The molecule has 0 bridgehead atoms. The van der Waals surface area contributed by atoms with Gasteiger partial charge in [0.25, 0.3) is 5.91 Å². The second-order valence-corrected chi connectivity index (χ2v) is 7.34. The van der Waals surface area contributed by atoms with E-state index < -0.39 is 11.7 Å². The molecule has 0 aliphatic carbocycles. The van der Waals surface area contributed by atoms with Crippen LogP contribution in [0.15, 0.2) is 18.2 Å². The van der Waals surface area contributed by atoms with Crippen LogP contribution < -0.4 is 5.73 Å². The molecule has 1 heterocycles. The van der Waals surface area contributed by atoms with E-state index in [-0.39, 0.29) is 29.8 Å². The molecule has 1 aliphatic heterocycles. The van der Waals surface area contributed by atoms with Crippen LogP contribution >= 0.6 is 0 Å². The molecule has 1 atom stereocenters. The fourth-order valence-corrected chi connectivity index (χ4v) is 2.79. The molecule has 1 aromatic rings. The summed E-state index contributed by atoms with van der Waals surface area (Å²) in [6, 6.07) is 4.59. The molecule has 0 radical (unpaired) electrons. The summed E-state index contributed by atoms with van der Waals surface area (Å²) in [5.74, 6) is -0.332. The lowest BCUT2D eigenvalue weighted by molar-refractivity contribution is 0.00520. The Labute approximate surface area is 148 Å². The molecule has 3 N–H and O–H groups in total. The van der Waals surface area contributed by atoms with Crippen molar-refractivity contribution < 1.29 is 19.4 Å². The summed E-state index contributed by atoms with van der Waals surface area (Å²) in [4.78, 5) is 28.3. The third kappa shape index (κ3) is 4.63. The van der Waals surface area contributed by atoms with Crippen LogP contribution in [0.2, 0.25) is 0 Å². The normalized spacial score (nSPS) is 18.2. The number of hydrogen-bond acceptors (Lipinski definition) is 5. The zero-order valence-corrected chi connectivity index (χ0v) is 15.3. The van der Waals surface area contributed by atoms with Gasteiger partial charge in [-0.2, -0.15) is 0 Å². The molecule has 138 valence electrons. The zero-order valence-electron chi connectivity index (χ0n) is 15.3. The van der Waals surface area contributed by atoms with Gasteiger partial charge in [-0.15, -0.1) is 0 Å². The van der Waals surface area contributed by atoms with Crippen molar-refractivity contribution >= 4 is 12.0 Å². The topological polar surface area (TPSA) is 96.1 Å². The van der Waals surface area contributed by atoms with Crippen LogP contribution in [0.4, 0.5) is 4.79 Å². The quantitative estimate of drug-likeness (QED) is 0.847. The highest BCUT2D eigenvalue weighted by Gasteiger charge is 2.34. The Hall–Kier alpha value is -2.28. The number of phenolic OH excluding ortho intramolecular Hbond substituents is 1. The van der Waals surface area contributed by atoms with E-state index in [0.717, 1.165) is 5.56 Å². The largest absolute Gasteiger partial charge is 0.507 e. The predicted octanol–water partition coefficient (Wildman–Crippen LogP) is 1.72. The number of amides is 2. The third-order valence-electron chi connectivity index (χ3n) is 4.05. The Morgan fingerprint density at radius 1 is 1.32 bits per heavy atom. The van der Waals surface area contributed by atoms with Gasteiger partial charge >= 0.3 is 6.09 Å². The molecule has 7 nitrogen and oxygen atoms in total. The molecule has 0 spiro atoms. The number of carbonyl (C=O) groups is 2. The highest BCUT2D eigenvalue weighted by atomic mass is 16.6. The van der Waals surface area contributed by atoms with Crippen LogP contribution in [0, 0.1) is 6.92 Å². The molecule has 1 unspecified atom stereocenters. The summed E-state index contributed by atoms with van der Waals surface area (Å²) in [5.41, 5.74) is 6.40. The van der Waals surface area contributed by atoms with E-state index in [1.165, 1.54) is 6.07 Å². The van der Waals surface area contributed by atoms with Crippen molar-refractivity contribution in [2.75, 3.05) is 26.2 Å². The fourth-order valence-electron chi connectivity index (χ4n) is 2.79. The second-order valence-electron chi connectivity index (χ2n) is 7.34. The van der Waals surface area contributed by atoms with Crippen molar-refractivity contribution in [1.29, 1.82) is 0 Å². The van der Waals surface area contributed by atoms with Gasteiger partial charge in [0.05, 0.1) is 11.6 Å². The minimum atomic E-state index is -0.574. The SMILES string of the molecule is Cc1ccc(O)c(C(=O)N2CCN(C(=O)OC(C)(C)C)CC2CN)c1. The van der Waals surface area contributed by atoms with Gasteiger partial charge in [-0.05, 0) is 39.8 Å². The Kier molecular flexibility index (Phi) is 5.57. The first kappa shape index (κ1) is 19.1. The molecular formula is C18H27N3O4. The number of nitrogens with two attached hydrogens (primary N) is 1. The monoisotopic (exact) mass is 349 g/mol. The Morgan fingerprint density at radius 3 is 2.60 bits per heavy atom. The average Bonchev–Trinajstić information content (AvgIpc) is 2.54. The Balaban J connectivity index is 2.13. The summed E-state index contributed by atoms with van der Waals surface area (Å²) in [5, 5.41) is 10.00. The maximum absolute atomic E-state index is 12.8. The molecule has 1 fully saturated rings. The first-order valence-corrected chi connectivity index (χ1v) is 8.41. The van der Waals surface area contributed by atoms with Crippen molar-refractivity contribution in [3.8, 4) is 5.75 Å². The van der Waals surface area contributed by atoms with Crippen molar-refractivity contribution in [2.45, 2.75) is 39.3 Å². The van der Waals surface area contributed by atoms with E-state index in [0.29, 0.717) is 19.6 Å². The molecule has 1 saturated heterocycles. The lowest BCUT2D eigenvalue weighted by atomic mass is 10.1. The number of carbonyl (C=O) groups excluding carboxylic acids is 2. The Morgan fingerprint density at radius 2 is 2.00 bits per heavy atom. The van der Waals surface area contributed by atoms with Crippen LogP contribution in [-0.4, -0.2) is 64.7 Å². The predicted molar refractivity (Wildman–Crippen MR) is 94.5 cm³/mol. The minimum Gasteiger partial charge on any atom is -0.507 e. The lowest BCUT2D eigenvalue weighted by Gasteiger charge is -2.41. The fraction of sp³-hybridized carbons (Fsp3) is 0.556. The maximum atomic E-state index is 12.8. The van der Waals surface area contributed by atoms with Gasteiger partial charge in [0.2, 0.25) is 0 Å². The number of hydrogen-bond donors (Lipinski definition) is 2. The summed E-state index contributed by atoms with van der Waals surface area (Å²) >= 11 is 0. The number of aromatic hydroxyl groups is 1. The first-order chi connectivity index (χ1) is 11.6. The van der Waals surface area contributed by atoms with Gasteiger partial charge in [-0.3, -0.25) is 4.79 Å². The number of rotatable bonds is 2. The number of piperazine rings is 1. The molecule has 2 amide bonds. The van der Waals surface area contributed by atoms with E-state index in [9.17, 15) is 14.7 Å². The van der Waals surface area contributed by atoms with Gasteiger partial charge in [0, 0.05) is 26.2 Å². The van der Waals surface area contributed by atoms with E-state index >= 15 is 0 Å². The van der Waals surface area contributed by atoms with Crippen molar-refractivity contribution in [2.24, 2.45) is 5.73 Å². The van der Waals surface area contributed by atoms with Gasteiger partial charge in [0.1, 0.15) is 11.4 Å². The lowest BCUT2D eigenvalue weighted by Crippen LogP contribution is -2.59. The second kappa shape index (κ2) is 7.31. The van der Waals surface area contributed by atoms with Gasteiger partial charge in [-0.25, -0.2) is 4.79 Å². The minimum absolute atomic E-state index is 0.0547. The third-order valence-corrected chi connectivity index (χ3v) is 4.05. The summed E-state index contributed by atoms with van der Waals surface area (Å²) in [6.45, 7) is 8.53. The van der Waals surface area contributed by atoms with Crippen molar-refractivity contribution in [3.05, 3.63) is 29.3 Å². The first-order valence-electron chi connectivity index (χ1n) is 8.41. The number of phenols is 1. The molecule has 0 saturated carbocycles. The smallest absolute Gasteiger partial charge is 0.410 e. The van der Waals surface area contributed by atoms with Crippen molar-refractivity contribution in [3.63, 3.8) is 0 Å². The zero-order chi connectivity index (χ0) is 18.8. The average molecular weight is 349 g/mol. The summed E-state index contributed by atoms with van der Waals surface area (Å²) < 4.78 is 5.39. The molecule has 7 heteroatoms. The molecule has 2 rings (SSSR count). The van der Waals surface area contributed by atoms with E-state index in [2.05, 4.69) is 0 Å². The number of aryl methyl sites for hydroxylation is 1. The number of nitrogens with zero attached hydrogens (tertiary/aromatic N) is 2. The van der Waals surface area contributed by atoms with Crippen LogP contribution in [-0.2, 0) is 4.74 Å². The van der Waals surface area contributed by atoms with Gasteiger partial charge < -0.3 is 25.4 Å². The standard InChI is InChI=1S/C18H27N3O4/c1-12-5-6-15(22)14(9-12)16(23)21-8-7-20(11-13(21)10-19)17(24)25-18(2,3)4/h5-6,9,13,22H,7-8,10-11,19H2,1-4H3. The highest BCUT2D eigenvalue weighted by Crippen LogP contribution is 2.23. The number of ether oxygens (including phenoxy) is 1. The molecule has 25 heavy (non-hydrogen) atoms. The Bertz CT molecular complexity index is 654. The van der Waals surface area contributed by atoms with E-state index in [1.807, 2.05) is 27.7 Å². The molecule has 1 aromatic carbocycles. The maximum Gasteiger partial charge on any atom is 0.410 e. The summed E-state index contributed by atoms with van der Waals surface area (Å²) in [6.07, 6.45) is -0.406. The van der Waals surface area contributed by atoms with Crippen LogP contribution in [0.1, 0.15) is 36.7 Å². The molecular weight excluding hydrogens is 322 g/mol. The van der Waals surface area contributed by atoms with Gasteiger partial charge in [-0.1, -0.05) is 11.6 Å². The molecule has 1 aliphatic rings. The number of benzene rings is 1. The van der Waals surface area contributed by atoms with Crippen LogP contribution in [0.25, 0.3) is 0 Å². The van der Waals surface area contributed by atoms with E-state index in [1.54, 1.807) is 21.9 Å². The summed E-state index contributed by atoms with van der Waals surface area (Å²) in [7, 11) is 0. The van der Waals surface area contributed by atoms with Gasteiger partial charge in [0.15, 0.2) is 0 Å². The molecule has 0 aromatic heterocycles. The highest BCUT2D eigenvalue weighted by molar-refractivity contribution is 5.97. The van der Waals surface area contributed by atoms with Crippen molar-refractivity contribution in [1.82, 2.24) is 9.80 Å².